The summed E-state index contributed by atoms with van der Waals surface area (Å²) >= 11 is 0. The maximum Gasteiger partial charge on any atom is 0.270 e. The van der Waals surface area contributed by atoms with Crippen molar-refractivity contribution in [3.05, 3.63) is 35.9 Å². The largest absolute Gasteiger partial charge is 0.270 e. The van der Waals surface area contributed by atoms with Crippen molar-refractivity contribution in [2.24, 2.45) is 5.41 Å². The molecule has 0 N–H and O–H groups in total. The molecule has 1 aliphatic carbocycles. The third-order valence-electron chi connectivity index (χ3n) is 2.99. The van der Waals surface area contributed by atoms with Crippen LogP contribution >= 0.6 is 0 Å². The third kappa shape index (κ3) is 3.33. The predicted molar refractivity (Wildman–Crippen MR) is 71.9 cm³/mol. The van der Waals surface area contributed by atoms with E-state index in [-0.39, 0.29) is 23.2 Å². The van der Waals surface area contributed by atoms with Gasteiger partial charge in [0.05, 0.1) is 11.9 Å². The smallest absolute Gasteiger partial charge is 0.269 e. The lowest BCUT2D eigenvalue weighted by Gasteiger charge is -2.17. The van der Waals surface area contributed by atoms with E-state index in [1.165, 1.54) is 0 Å². The zero-order valence-electron chi connectivity index (χ0n) is 11.1. The Balaban J connectivity index is 1.98. The highest BCUT2D eigenvalue weighted by Crippen LogP contribution is 2.46. The van der Waals surface area contributed by atoms with Gasteiger partial charge in [-0.3, -0.25) is 4.18 Å². The van der Waals surface area contributed by atoms with Crippen molar-refractivity contribution >= 4 is 10.1 Å². The maximum absolute atomic E-state index is 12.0. The molecule has 0 saturated heterocycles. The van der Waals surface area contributed by atoms with Gasteiger partial charge in [0.1, 0.15) is 0 Å². The van der Waals surface area contributed by atoms with Gasteiger partial charge in [0, 0.05) is 5.92 Å². The van der Waals surface area contributed by atoms with E-state index in [1.54, 1.807) is 0 Å². The minimum atomic E-state index is -3.42. The summed E-state index contributed by atoms with van der Waals surface area (Å²) in [7, 11) is -3.42. The quantitative estimate of drug-likeness (QED) is 0.789. The molecule has 0 radical (unpaired) electrons. The summed E-state index contributed by atoms with van der Waals surface area (Å²) in [5, 5.41) is -0.359. The van der Waals surface area contributed by atoms with E-state index in [0.29, 0.717) is 6.42 Å². The fourth-order valence-corrected chi connectivity index (χ4v) is 3.58. The first-order valence-corrected chi connectivity index (χ1v) is 7.70. The van der Waals surface area contributed by atoms with Crippen LogP contribution in [0.1, 0.15) is 38.7 Å². The van der Waals surface area contributed by atoms with Crippen LogP contribution in [0.4, 0.5) is 0 Å². The second kappa shape index (κ2) is 4.67. The molecule has 0 aromatic heterocycles. The fourth-order valence-electron chi connectivity index (χ4n) is 1.89. The average molecular weight is 268 g/mol. The Morgan fingerprint density at radius 3 is 2.39 bits per heavy atom. The van der Waals surface area contributed by atoms with Crippen molar-refractivity contribution in [1.29, 1.82) is 0 Å². The molecule has 1 saturated carbocycles. The summed E-state index contributed by atoms with van der Waals surface area (Å²) in [6, 6.07) is 9.76. The number of hydrogen-bond acceptors (Lipinski definition) is 3. The molecule has 0 amide bonds. The SMILES string of the molecule is CC(C)(C)COS(=O)(=O)[C@H]1C[C@H]1c1ccccc1. The molecule has 1 fully saturated rings. The topological polar surface area (TPSA) is 43.4 Å². The Morgan fingerprint density at radius 2 is 1.83 bits per heavy atom. The number of rotatable bonds is 4. The molecule has 2 atom stereocenters. The van der Waals surface area contributed by atoms with Crippen molar-refractivity contribution in [1.82, 2.24) is 0 Å². The summed E-state index contributed by atoms with van der Waals surface area (Å²) < 4.78 is 29.1. The van der Waals surface area contributed by atoms with Crippen LogP contribution in [0.5, 0.6) is 0 Å². The molecule has 18 heavy (non-hydrogen) atoms. The predicted octanol–water partition coefficient (Wildman–Crippen LogP) is 2.94. The monoisotopic (exact) mass is 268 g/mol. The zero-order valence-corrected chi connectivity index (χ0v) is 11.9. The van der Waals surface area contributed by atoms with Gasteiger partial charge in [-0.1, -0.05) is 51.1 Å². The first-order valence-electron chi connectivity index (χ1n) is 6.23. The van der Waals surface area contributed by atoms with Crippen LogP contribution < -0.4 is 0 Å². The van der Waals surface area contributed by atoms with E-state index in [2.05, 4.69) is 0 Å². The second-order valence-corrected chi connectivity index (χ2v) is 7.93. The van der Waals surface area contributed by atoms with Gasteiger partial charge < -0.3 is 0 Å². The Labute approximate surface area is 109 Å². The molecule has 1 aromatic rings. The molecule has 1 aliphatic rings. The van der Waals surface area contributed by atoms with Gasteiger partial charge in [0.2, 0.25) is 0 Å². The number of benzene rings is 1. The minimum absolute atomic E-state index is 0.108. The standard InChI is InChI=1S/C14H20O3S/c1-14(2,3)10-17-18(15,16)13-9-12(13)11-7-5-4-6-8-11/h4-8,12-13H,9-10H2,1-3H3/t12-,13-/m0/s1. The third-order valence-corrected chi connectivity index (χ3v) is 4.70. The van der Waals surface area contributed by atoms with Crippen molar-refractivity contribution in [2.45, 2.75) is 38.4 Å². The Morgan fingerprint density at radius 1 is 1.22 bits per heavy atom. The maximum atomic E-state index is 12.0. The van der Waals surface area contributed by atoms with Gasteiger partial charge in [-0.2, -0.15) is 8.42 Å². The van der Waals surface area contributed by atoms with Gasteiger partial charge in [0.25, 0.3) is 10.1 Å². The van der Waals surface area contributed by atoms with E-state index >= 15 is 0 Å². The zero-order chi connectivity index (χ0) is 13.4. The van der Waals surface area contributed by atoms with Gasteiger partial charge in [-0.25, -0.2) is 0 Å². The van der Waals surface area contributed by atoms with Gasteiger partial charge in [0.15, 0.2) is 0 Å². The Bertz CT molecular complexity index is 500. The van der Waals surface area contributed by atoms with Crippen LogP contribution in [0, 0.1) is 5.41 Å². The molecule has 0 spiro atoms. The molecular weight excluding hydrogens is 248 g/mol. The average Bonchev–Trinajstić information content (AvgIpc) is 3.07. The summed E-state index contributed by atoms with van der Waals surface area (Å²) in [5.74, 6) is 0.108. The van der Waals surface area contributed by atoms with E-state index in [1.807, 2.05) is 51.1 Å². The minimum Gasteiger partial charge on any atom is -0.269 e. The molecule has 3 nitrogen and oxygen atoms in total. The highest BCUT2D eigenvalue weighted by Gasteiger charge is 2.49. The van der Waals surface area contributed by atoms with Crippen LogP contribution in [0.2, 0.25) is 0 Å². The molecule has 0 aliphatic heterocycles. The summed E-state index contributed by atoms with van der Waals surface area (Å²) in [5.41, 5.74) is 0.954. The highest BCUT2D eigenvalue weighted by molar-refractivity contribution is 7.87. The van der Waals surface area contributed by atoms with Crippen LogP contribution in [0.25, 0.3) is 0 Å². The van der Waals surface area contributed by atoms with Gasteiger partial charge in [-0.15, -0.1) is 0 Å². The summed E-state index contributed by atoms with van der Waals surface area (Å²) in [6.45, 7) is 6.13. The Kier molecular flexibility index (Phi) is 3.52. The van der Waals surface area contributed by atoms with Crippen LogP contribution in [0.3, 0.4) is 0 Å². The molecule has 0 heterocycles. The van der Waals surface area contributed by atoms with Gasteiger partial charge >= 0.3 is 0 Å². The van der Waals surface area contributed by atoms with E-state index in [9.17, 15) is 8.42 Å². The van der Waals surface area contributed by atoms with E-state index < -0.39 is 10.1 Å². The summed E-state index contributed by atoms with van der Waals surface area (Å²) in [6.07, 6.45) is 0.677. The van der Waals surface area contributed by atoms with Crippen LogP contribution in [0.15, 0.2) is 30.3 Å². The first-order chi connectivity index (χ1) is 8.30. The lowest BCUT2D eigenvalue weighted by molar-refractivity contribution is 0.203. The van der Waals surface area contributed by atoms with Crippen molar-refractivity contribution in [3.63, 3.8) is 0 Å². The van der Waals surface area contributed by atoms with E-state index in [0.717, 1.165) is 5.56 Å². The van der Waals surface area contributed by atoms with Crippen LogP contribution in [-0.2, 0) is 14.3 Å². The lowest BCUT2D eigenvalue weighted by atomic mass is 9.99. The van der Waals surface area contributed by atoms with Crippen molar-refractivity contribution < 1.29 is 12.6 Å². The molecule has 2 rings (SSSR count). The Hall–Kier alpha value is -0.870. The molecule has 100 valence electrons. The number of hydrogen-bond donors (Lipinski definition) is 0. The highest BCUT2D eigenvalue weighted by atomic mass is 32.2. The molecular formula is C14H20O3S. The van der Waals surface area contributed by atoms with Crippen molar-refractivity contribution in [2.75, 3.05) is 6.61 Å². The van der Waals surface area contributed by atoms with Gasteiger partial charge in [-0.05, 0) is 17.4 Å². The summed E-state index contributed by atoms with van der Waals surface area (Å²) in [4.78, 5) is 0. The second-order valence-electron chi connectivity index (χ2n) is 6.11. The fraction of sp³-hybridized carbons (Fsp3) is 0.571. The van der Waals surface area contributed by atoms with Crippen molar-refractivity contribution in [3.8, 4) is 0 Å². The first kappa shape index (κ1) is 13.6. The lowest BCUT2D eigenvalue weighted by Crippen LogP contribution is -2.21. The molecule has 0 bridgehead atoms. The molecule has 0 unspecified atom stereocenters. The van der Waals surface area contributed by atoms with Crippen LogP contribution in [-0.4, -0.2) is 20.3 Å². The normalized spacial score (nSPS) is 23.9. The molecule has 4 heteroatoms. The van der Waals surface area contributed by atoms with E-state index in [4.69, 9.17) is 4.18 Å². The molecule has 1 aromatic carbocycles.